The van der Waals surface area contributed by atoms with Crippen LogP contribution >= 0.6 is 0 Å². The number of rotatable bonds is 13. The number of amides is 4. The molecule has 3 rings (SSSR count). The van der Waals surface area contributed by atoms with Gasteiger partial charge in [-0.1, -0.05) is 19.9 Å². The van der Waals surface area contributed by atoms with Gasteiger partial charge in [0.2, 0.25) is 18.1 Å². The van der Waals surface area contributed by atoms with Gasteiger partial charge in [-0.05, 0) is 24.1 Å². The third-order valence-electron chi connectivity index (χ3n) is 5.92. The summed E-state index contributed by atoms with van der Waals surface area (Å²) in [5.41, 5.74) is 0.717. The summed E-state index contributed by atoms with van der Waals surface area (Å²) < 4.78 is 16.2. The van der Waals surface area contributed by atoms with E-state index in [-0.39, 0.29) is 69.1 Å². The van der Waals surface area contributed by atoms with Gasteiger partial charge < -0.3 is 35.1 Å². The number of carboxylic acid groups (broad SMARTS) is 1. The molecule has 0 aromatic heterocycles. The predicted octanol–water partition coefficient (Wildman–Crippen LogP) is 1.26. The largest absolute Gasteiger partial charge is 0.479 e. The molecule has 2 aliphatic rings. The third-order valence-corrected chi connectivity index (χ3v) is 5.92. The number of nitrogens with one attached hydrogen (secondary N) is 2. The quantitative estimate of drug-likeness (QED) is 0.190. The second kappa shape index (κ2) is 16.8. The van der Waals surface area contributed by atoms with Crippen molar-refractivity contribution in [2.24, 2.45) is 0 Å². The maximum atomic E-state index is 12.6. The number of aliphatic hydroxyl groups is 1. The van der Waals surface area contributed by atoms with E-state index in [9.17, 15) is 39.0 Å². The molecule has 0 bridgehead atoms. The fraction of sp³-hybridized carbons (Fsp3) is 0.500. The number of nitrogens with zero attached hydrogens (tertiary/aromatic N) is 1. The molecule has 2 heterocycles. The van der Waals surface area contributed by atoms with Crippen molar-refractivity contribution < 1.29 is 53.2 Å². The number of ether oxygens (including phenoxy) is 3. The highest BCUT2D eigenvalue weighted by Gasteiger charge is 2.34. The minimum Gasteiger partial charge on any atom is -0.479 e. The molecule has 14 heteroatoms. The van der Waals surface area contributed by atoms with E-state index >= 15 is 0 Å². The zero-order chi connectivity index (χ0) is 31.2. The van der Waals surface area contributed by atoms with Crippen molar-refractivity contribution in [1.82, 2.24) is 10.2 Å². The number of carbonyl (C=O) groups is 6. The lowest BCUT2D eigenvalue weighted by Crippen LogP contribution is -2.42. The summed E-state index contributed by atoms with van der Waals surface area (Å²) in [5.74, 6) is -3.29. The third kappa shape index (κ3) is 10.9. The Morgan fingerprint density at radius 2 is 1.74 bits per heavy atom. The SMILES string of the molecule is CC.CC(=O)OCc1ccc(O[C@H]2C[C@@H](O)CC(C(=O)O)O2)c(NC(=O)CCNC(=O)CCCN2C(=O)C=CC2=O)c1. The van der Waals surface area contributed by atoms with Crippen molar-refractivity contribution in [2.75, 3.05) is 18.4 Å². The Hall–Kier alpha value is -4.30. The molecular weight excluding hydrogens is 554 g/mol. The van der Waals surface area contributed by atoms with Gasteiger partial charge in [-0.3, -0.25) is 28.9 Å². The molecule has 4 N–H and O–H groups in total. The van der Waals surface area contributed by atoms with Crippen molar-refractivity contribution in [1.29, 1.82) is 0 Å². The molecular formula is C28H37N3O11. The van der Waals surface area contributed by atoms with E-state index < -0.39 is 48.2 Å². The number of aliphatic carboxylic acids is 1. The van der Waals surface area contributed by atoms with E-state index in [1.165, 1.54) is 31.2 Å². The molecule has 1 aromatic rings. The van der Waals surface area contributed by atoms with Crippen LogP contribution in [0.1, 0.15) is 58.4 Å². The van der Waals surface area contributed by atoms with Crippen LogP contribution in [0.2, 0.25) is 0 Å². The average Bonchev–Trinajstić information content (AvgIpc) is 3.26. The first-order valence-electron chi connectivity index (χ1n) is 13.6. The molecule has 0 spiro atoms. The lowest BCUT2D eigenvalue weighted by Gasteiger charge is -2.31. The van der Waals surface area contributed by atoms with Crippen LogP contribution in [0.25, 0.3) is 0 Å². The molecule has 1 unspecified atom stereocenters. The van der Waals surface area contributed by atoms with E-state index in [1.54, 1.807) is 6.07 Å². The van der Waals surface area contributed by atoms with Gasteiger partial charge in [-0.2, -0.15) is 0 Å². The molecule has 42 heavy (non-hydrogen) atoms. The smallest absolute Gasteiger partial charge is 0.333 e. The van der Waals surface area contributed by atoms with Gasteiger partial charge in [-0.15, -0.1) is 0 Å². The predicted molar refractivity (Wildman–Crippen MR) is 147 cm³/mol. The van der Waals surface area contributed by atoms with Gasteiger partial charge in [0.25, 0.3) is 11.8 Å². The Balaban J connectivity index is 0.00000301. The van der Waals surface area contributed by atoms with Gasteiger partial charge in [0.1, 0.15) is 12.4 Å². The Morgan fingerprint density at radius 1 is 1.05 bits per heavy atom. The molecule has 0 aliphatic carbocycles. The summed E-state index contributed by atoms with van der Waals surface area (Å²) in [5, 5.41) is 24.5. The second-order valence-electron chi connectivity index (χ2n) is 9.16. The maximum Gasteiger partial charge on any atom is 0.333 e. The zero-order valence-corrected chi connectivity index (χ0v) is 23.8. The van der Waals surface area contributed by atoms with E-state index in [2.05, 4.69) is 10.6 Å². The van der Waals surface area contributed by atoms with E-state index in [1.807, 2.05) is 13.8 Å². The summed E-state index contributed by atoms with van der Waals surface area (Å²) >= 11 is 0. The van der Waals surface area contributed by atoms with Crippen LogP contribution in [0.4, 0.5) is 5.69 Å². The molecule has 230 valence electrons. The molecule has 0 radical (unpaired) electrons. The number of hydrogen-bond donors (Lipinski definition) is 4. The minimum absolute atomic E-state index is 0.00892. The Kier molecular flexibility index (Phi) is 13.6. The Labute approximate surface area is 243 Å². The fourth-order valence-corrected chi connectivity index (χ4v) is 3.95. The van der Waals surface area contributed by atoms with Gasteiger partial charge in [-0.25, -0.2) is 4.79 Å². The van der Waals surface area contributed by atoms with Crippen LogP contribution in [0.5, 0.6) is 5.75 Å². The lowest BCUT2D eigenvalue weighted by atomic mass is 10.1. The first-order chi connectivity index (χ1) is 20.0. The van der Waals surface area contributed by atoms with Crippen molar-refractivity contribution in [3.05, 3.63) is 35.9 Å². The summed E-state index contributed by atoms with van der Waals surface area (Å²) in [4.78, 5) is 71.3. The maximum absolute atomic E-state index is 12.6. The second-order valence-corrected chi connectivity index (χ2v) is 9.16. The number of hydrogen-bond acceptors (Lipinski definition) is 10. The number of carboxylic acids is 1. The van der Waals surface area contributed by atoms with Crippen LogP contribution < -0.4 is 15.4 Å². The summed E-state index contributed by atoms with van der Waals surface area (Å²) in [6.07, 6.45) is -0.833. The summed E-state index contributed by atoms with van der Waals surface area (Å²) in [6, 6.07) is 4.58. The topological polar surface area (TPSA) is 198 Å². The average molecular weight is 592 g/mol. The summed E-state index contributed by atoms with van der Waals surface area (Å²) in [6.45, 7) is 5.30. The van der Waals surface area contributed by atoms with Crippen molar-refractivity contribution in [3.63, 3.8) is 0 Å². The van der Waals surface area contributed by atoms with Gasteiger partial charge >= 0.3 is 11.9 Å². The zero-order valence-electron chi connectivity index (χ0n) is 23.8. The monoisotopic (exact) mass is 591 g/mol. The molecule has 0 saturated carbocycles. The first-order valence-corrected chi connectivity index (χ1v) is 13.6. The highest BCUT2D eigenvalue weighted by molar-refractivity contribution is 6.12. The minimum atomic E-state index is -1.26. The fourth-order valence-electron chi connectivity index (χ4n) is 3.95. The van der Waals surface area contributed by atoms with Gasteiger partial charge in [0.15, 0.2) is 6.10 Å². The number of anilines is 1. The number of esters is 1. The highest BCUT2D eigenvalue weighted by Crippen LogP contribution is 2.30. The highest BCUT2D eigenvalue weighted by atomic mass is 16.7. The van der Waals surface area contributed by atoms with E-state index in [4.69, 9.17) is 14.2 Å². The number of benzene rings is 1. The van der Waals surface area contributed by atoms with Crippen LogP contribution in [0.15, 0.2) is 30.4 Å². The van der Waals surface area contributed by atoms with Crippen LogP contribution in [0.3, 0.4) is 0 Å². The van der Waals surface area contributed by atoms with Crippen molar-refractivity contribution >= 4 is 41.3 Å². The van der Waals surface area contributed by atoms with Crippen LogP contribution in [0, 0.1) is 0 Å². The molecule has 1 saturated heterocycles. The molecule has 2 aliphatic heterocycles. The van der Waals surface area contributed by atoms with Gasteiger partial charge in [0, 0.05) is 57.8 Å². The molecule has 14 nitrogen and oxygen atoms in total. The number of carbonyl (C=O) groups excluding carboxylic acids is 5. The molecule has 4 amide bonds. The van der Waals surface area contributed by atoms with Crippen LogP contribution in [-0.2, 0) is 44.8 Å². The van der Waals surface area contributed by atoms with Crippen LogP contribution in [-0.4, -0.2) is 82.3 Å². The summed E-state index contributed by atoms with van der Waals surface area (Å²) in [7, 11) is 0. The first kappa shape index (κ1) is 33.9. The normalized spacial score (nSPS) is 19.4. The van der Waals surface area contributed by atoms with Gasteiger partial charge in [0.05, 0.1) is 11.8 Å². The Morgan fingerprint density at radius 3 is 2.38 bits per heavy atom. The standard InChI is InChI=1S/C26H31N3O11.C2H6/c1-15(30)38-14-16-4-5-19(39-25-13-17(31)12-20(40-25)26(36)37)18(11-16)28-22(33)8-9-27-21(32)3-2-10-29-23(34)6-7-24(29)35;1-2/h4-7,11,17,20,25,31H,2-3,8-10,12-14H2,1H3,(H,27,32)(H,28,33)(H,36,37);1-2H3/t17-,20?,25+;/m0./s1. The van der Waals surface area contributed by atoms with E-state index in [0.717, 1.165) is 4.90 Å². The van der Waals surface area contributed by atoms with Crippen molar-refractivity contribution in [3.8, 4) is 5.75 Å². The molecule has 1 aromatic carbocycles. The molecule has 3 atom stereocenters. The van der Waals surface area contributed by atoms with Crippen molar-refractivity contribution in [2.45, 2.75) is 78.0 Å². The number of imide groups is 1. The lowest BCUT2D eigenvalue weighted by molar-refractivity contribution is -0.195. The van der Waals surface area contributed by atoms with E-state index in [0.29, 0.717) is 5.56 Å². The Bertz CT molecular complexity index is 1170. The number of aliphatic hydroxyl groups excluding tert-OH is 1. The molecule has 1 fully saturated rings.